The van der Waals surface area contributed by atoms with Gasteiger partial charge in [0.25, 0.3) is 0 Å². The molecule has 1 fully saturated rings. The highest BCUT2D eigenvalue weighted by Gasteiger charge is 2.27. The predicted molar refractivity (Wildman–Crippen MR) is 68.5 cm³/mol. The van der Waals surface area contributed by atoms with Crippen LogP contribution >= 0.6 is 0 Å². The third-order valence-electron chi connectivity index (χ3n) is 3.96. The van der Waals surface area contributed by atoms with Crippen LogP contribution in [-0.2, 0) is 13.6 Å². The Labute approximate surface area is 103 Å². The fraction of sp³-hybridized carbons (Fsp3) is 0.643. The summed E-state index contributed by atoms with van der Waals surface area (Å²) in [6.45, 7) is 6.35. The van der Waals surface area contributed by atoms with Crippen molar-refractivity contribution >= 4 is 0 Å². The first-order chi connectivity index (χ1) is 8.13. The summed E-state index contributed by atoms with van der Waals surface area (Å²) in [5.74, 6) is 1.74. The Hall–Kier alpha value is -1.27. The standard InChI is InChI=1S/C14H21N3/c1-10(12-4-5-12)8-16-9-13-6-14(7-15)17(3)11(13)2/h6,10,12,16H,4-5,8-9H2,1-3H3. The first kappa shape index (κ1) is 12.2. The minimum absolute atomic E-state index is 0.745. The van der Waals surface area contributed by atoms with Crippen LogP contribution in [0.1, 0.15) is 36.7 Å². The Bertz CT molecular complexity index is 435. The molecule has 0 spiro atoms. The molecular weight excluding hydrogens is 210 g/mol. The molecule has 1 atom stereocenters. The van der Waals surface area contributed by atoms with Gasteiger partial charge >= 0.3 is 0 Å². The van der Waals surface area contributed by atoms with E-state index in [2.05, 4.69) is 25.2 Å². The Morgan fingerprint density at radius 2 is 2.29 bits per heavy atom. The molecule has 1 unspecified atom stereocenters. The molecule has 1 heterocycles. The number of hydrogen-bond donors (Lipinski definition) is 1. The molecule has 0 aromatic carbocycles. The molecule has 92 valence electrons. The van der Waals surface area contributed by atoms with Crippen LogP contribution in [0, 0.1) is 30.1 Å². The van der Waals surface area contributed by atoms with Gasteiger partial charge in [0.05, 0.1) is 0 Å². The molecule has 0 aliphatic heterocycles. The molecular formula is C14H21N3. The number of nitrogens with zero attached hydrogens (tertiary/aromatic N) is 2. The normalized spacial score (nSPS) is 16.8. The summed E-state index contributed by atoms with van der Waals surface area (Å²) in [6, 6.07) is 4.21. The first-order valence-corrected chi connectivity index (χ1v) is 6.39. The second kappa shape index (κ2) is 4.93. The van der Waals surface area contributed by atoms with Crippen molar-refractivity contribution in [2.24, 2.45) is 18.9 Å². The molecule has 1 N–H and O–H groups in total. The lowest BCUT2D eigenvalue weighted by Crippen LogP contribution is -2.22. The molecule has 1 aliphatic rings. The minimum atomic E-state index is 0.745. The van der Waals surface area contributed by atoms with Crippen LogP contribution < -0.4 is 5.32 Å². The number of hydrogen-bond acceptors (Lipinski definition) is 2. The zero-order valence-electron chi connectivity index (χ0n) is 11.0. The summed E-state index contributed by atoms with van der Waals surface area (Å²) in [5, 5.41) is 12.5. The van der Waals surface area contributed by atoms with Crippen LogP contribution in [0.2, 0.25) is 0 Å². The predicted octanol–water partition coefficient (Wildman–Crippen LogP) is 2.34. The SMILES string of the molecule is Cc1c(CNCC(C)C2CC2)cc(C#N)n1C. The van der Waals surface area contributed by atoms with Gasteiger partial charge in [-0.05, 0) is 49.8 Å². The Kier molecular flexibility index (Phi) is 3.54. The van der Waals surface area contributed by atoms with Crippen molar-refractivity contribution in [1.82, 2.24) is 9.88 Å². The van der Waals surface area contributed by atoms with Crippen LogP contribution in [0.4, 0.5) is 0 Å². The van der Waals surface area contributed by atoms with Crippen molar-refractivity contribution in [3.63, 3.8) is 0 Å². The van der Waals surface area contributed by atoms with E-state index in [0.29, 0.717) is 0 Å². The van der Waals surface area contributed by atoms with E-state index < -0.39 is 0 Å². The van der Waals surface area contributed by atoms with Gasteiger partial charge in [0.1, 0.15) is 11.8 Å². The van der Waals surface area contributed by atoms with Gasteiger partial charge in [-0.15, -0.1) is 0 Å². The van der Waals surface area contributed by atoms with Crippen LogP contribution in [-0.4, -0.2) is 11.1 Å². The summed E-state index contributed by atoms with van der Waals surface area (Å²) in [7, 11) is 1.95. The molecule has 2 rings (SSSR count). The fourth-order valence-electron chi connectivity index (χ4n) is 2.32. The second-order valence-electron chi connectivity index (χ2n) is 5.26. The van der Waals surface area contributed by atoms with Gasteiger partial charge in [-0.25, -0.2) is 0 Å². The average Bonchev–Trinajstić information content (AvgIpc) is 3.12. The van der Waals surface area contributed by atoms with Crippen molar-refractivity contribution in [2.75, 3.05) is 6.54 Å². The molecule has 1 saturated carbocycles. The number of nitrogens with one attached hydrogen (secondary N) is 1. The van der Waals surface area contributed by atoms with Crippen LogP contribution in [0.15, 0.2) is 6.07 Å². The van der Waals surface area contributed by atoms with E-state index in [1.807, 2.05) is 17.7 Å². The molecule has 1 aliphatic carbocycles. The molecule has 0 bridgehead atoms. The van der Waals surface area contributed by atoms with Gasteiger partial charge in [0.2, 0.25) is 0 Å². The highest BCUT2D eigenvalue weighted by atomic mass is 15.0. The molecule has 17 heavy (non-hydrogen) atoms. The van der Waals surface area contributed by atoms with E-state index in [0.717, 1.165) is 30.6 Å². The van der Waals surface area contributed by atoms with Gasteiger partial charge in [0.15, 0.2) is 0 Å². The largest absolute Gasteiger partial charge is 0.340 e. The third-order valence-corrected chi connectivity index (χ3v) is 3.96. The quantitative estimate of drug-likeness (QED) is 0.845. The molecule has 0 saturated heterocycles. The topological polar surface area (TPSA) is 40.8 Å². The van der Waals surface area contributed by atoms with Crippen molar-refractivity contribution in [3.8, 4) is 6.07 Å². The smallest absolute Gasteiger partial charge is 0.120 e. The molecule has 0 amide bonds. The van der Waals surface area contributed by atoms with Crippen LogP contribution in [0.5, 0.6) is 0 Å². The third kappa shape index (κ3) is 2.70. The summed E-state index contributed by atoms with van der Waals surface area (Å²) in [6.07, 6.45) is 2.82. The zero-order chi connectivity index (χ0) is 12.4. The minimum Gasteiger partial charge on any atom is -0.340 e. The van der Waals surface area contributed by atoms with E-state index in [1.165, 1.54) is 24.1 Å². The molecule has 1 aromatic rings. The summed E-state index contributed by atoms with van der Waals surface area (Å²) in [5.41, 5.74) is 3.18. The molecule has 1 aromatic heterocycles. The van der Waals surface area contributed by atoms with E-state index in [1.54, 1.807) is 0 Å². The number of rotatable bonds is 5. The monoisotopic (exact) mass is 231 g/mol. The van der Waals surface area contributed by atoms with E-state index in [4.69, 9.17) is 5.26 Å². The number of nitriles is 1. The first-order valence-electron chi connectivity index (χ1n) is 6.39. The van der Waals surface area contributed by atoms with Gasteiger partial charge in [0, 0.05) is 19.3 Å². The Morgan fingerprint density at radius 3 is 2.82 bits per heavy atom. The zero-order valence-corrected chi connectivity index (χ0v) is 11.0. The average molecular weight is 231 g/mol. The fourth-order valence-corrected chi connectivity index (χ4v) is 2.32. The maximum atomic E-state index is 8.96. The molecule has 3 heteroatoms. The Balaban J connectivity index is 1.88. The lowest BCUT2D eigenvalue weighted by Gasteiger charge is -2.11. The lowest BCUT2D eigenvalue weighted by molar-refractivity contribution is 0.461. The van der Waals surface area contributed by atoms with Gasteiger partial charge < -0.3 is 9.88 Å². The maximum Gasteiger partial charge on any atom is 0.120 e. The maximum absolute atomic E-state index is 8.96. The van der Waals surface area contributed by atoms with E-state index >= 15 is 0 Å². The lowest BCUT2D eigenvalue weighted by atomic mass is 10.1. The van der Waals surface area contributed by atoms with Crippen molar-refractivity contribution < 1.29 is 0 Å². The van der Waals surface area contributed by atoms with Gasteiger partial charge in [-0.1, -0.05) is 6.92 Å². The van der Waals surface area contributed by atoms with Crippen LogP contribution in [0.25, 0.3) is 0 Å². The number of aromatic nitrogens is 1. The van der Waals surface area contributed by atoms with Crippen LogP contribution in [0.3, 0.4) is 0 Å². The molecule has 0 radical (unpaired) electrons. The van der Waals surface area contributed by atoms with Crippen molar-refractivity contribution in [1.29, 1.82) is 5.26 Å². The summed E-state index contributed by atoms with van der Waals surface area (Å²) < 4.78 is 1.96. The van der Waals surface area contributed by atoms with E-state index in [-0.39, 0.29) is 0 Å². The second-order valence-corrected chi connectivity index (χ2v) is 5.26. The highest BCUT2D eigenvalue weighted by Crippen LogP contribution is 2.36. The summed E-state index contributed by atoms with van der Waals surface area (Å²) in [4.78, 5) is 0. The van der Waals surface area contributed by atoms with Crippen molar-refractivity contribution in [3.05, 3.63) is 23.0 Å². The molecule has 3 nitrogen and oxygen atoms in total. The summed E-state index contributed by atoms with van der Waals surface area (Å²) >= 11 is 0. The van der Waals surface area contributed by atoms with E-state index in [9.17, 15) is 0 Å². The highest BCUT2D eigenvalue weighted by molar-refractivity contribution is 5.33. The van der Waals surface area contributed by atoms with Crippen molar-refractivity contribution in [2.45, 2.75) is 33.2 Å². The van der Waals surface area contributed by atoms with Gasteiger partial charge in [-0.2, -0.15) is 5.26 Å². The van der Waals surface area contributed by atoms with Gasteiger partial charge in [-0.3, -0.25) is 0 Å². The Morgan fingerprint density at radius 1 is 1.59 bits per heavy atom.